The fraction of sp³-hybridized carbons (Fsp3) is 0.0588. The number of anilines is 3. The zero-order chi connectivity index (χ0) is 36.0. The van der Waals surface area contributed by atoms with Crippen LogP contribution >= 0.6 is 0 Å². The zero-order valence-electron chi connectivity index (χ0n) is 30.2. The van der Waals surface area contributed by atoms with E-state index in [1.54, 1.807) is 0 Å². The van der Waals surface area contributed by atoms with Gasteiger partial charge in [-0.2, -0.15) is 0 Å². The van der Waals surface area contributed by atoms with E-state index in [2.05, 4.69) is 216 Å². The van der Waals surface area contributed by atoms with Gasteiger partial charge in [0.25, 0.3) is 0 Å². The van der Waals surface area contributed by atoms with Crippen LogP contribution in [0.5, 0.6) is 0 Å². The summed E-state index contributed by atoms with van der Waals surface area (Å²) in [5.41, 5.74) is 15.9. The second kappa shape index (κ2) is 11.6. The van der Waals surface area contributed by atoms with Gasteiger partial charge in [0.15, 0.2) is 0 Å². The molecule has 8 aromatic carbocycles. The van der Waals surface area contributed by atoms with E-state index in [-0.39, 0.29) is 5.41 Å². The van der Waals surface area contributed by atoms with Gasteiger partial charge in [-0.1, -0.05) is 117 Å². The number of hydrogen-bond acceptors (Lipinski definition) is 1. The Balaban J connectivity index is 1.07. The van der Waals surface area contributed by atoms with Gasteiger partial charge in [0.2, 0.25) is 0 Å². The lowest BCUT2D eigenvalue weighted by Crippen LogP contribution is -2.15. The van der Waals surface area contributed by atoms with Gasteiger partial charge in [-0.3, -0.25) is 0 Å². The lowest BCUT2D eigenvalue weighted by atomic mass is 9.80. The van der Waals surface area contributed by atoms with Crippen molar-refractivity contribution in [1.82, 2.24) is 9.13 Å². The molecular formula is C51H37N3. The topological polar surface area (TPSA) is 13.1 Å². The molecule has 0 unspecified atom stereocenters. The van der Waals surface area contributed by atoms with E-state index in [0.29, 0.717) is 0 Å². The quantitative estimate of drug-likeness (QED) is 0.175. The van der Waals surface area contributed by atoms with Gasteiger partial charge < -0.3 is 14.0 Å². The van der Waals surface area contributed by atoms with E-state index in [1.807, 2.05) is 0 Å². The third-order valence-electron chi connectivity index (χ3n) is 11.7. The van der Waals surface area contributed by atoms with Crippen LogP contribution in [0.4, 0.5) is 17.1 Å². The molecule has 0 atom stereocenters. The summed E-state index contributed by atoms with van der Waals surface area (Å²) in [6.45, 7) is 4.76. The molecule has 0 bridgehead atoms. The molecule has 0 fully saturated rings. The maximum atomic E-state index is 2.45. The molecule has 11 rings (SSSR count). The first-order valence-electron chi connectivity index (χ1n) is 18.8. The molecule has 3 nitrogen and oxygen atoms in total. The molecule has 1 aliphatic rings. The minimum atomic E-state index is -0.102. The zero-order valence-corrected chi connectivity index (χ0v) is 30.2. The van der Waals surface area contributed by atoms with Gasteiger partial charge >= 0.3 is 0 Å². The van der Waals surface area contributed by atoms with Crippen molar-refractivity contribution in [1.29, 1.82) is 0 Å². The highest BCUT2D eigenvalue weighted by molar-refractivity contribution is 6.14. The van der Waals surface area contributed by atoms with Crippen molar-refractivity contribution in [2.75, 3.05) is 4.90 Å². The minimum Gasteiger partial charge on any atom is -0.310 e. The van der Waals surface area contributed by atoms with E-state index >= 15 is 0 Å². The number of benzene rings is 8. The van der Waals surface area contributed by atoms with Crippen molar-refractivity contribution in [2.45, 2.75) is 19.3 Å². The molecule has 0 saturated heterocycles. The number of nitrogens with zero attached hydrogens (tertiary/aromatic N) is 3. The third kappa shape index (κ3) is 4.36. The summed E-state index contributed by atoms with van der Waals surface area (Å²) in [5.74, 6) is 0. The lowest BCUT2D eigenvalue weighted by molar-refractivity contribution is 0.666. The van der Waals surface area contributed by atoms with E-state index < -0.39 is 0 Å². The lowest BCUT2D eigenvalue weighted by Gasteiger charge is -2.26. The summed E-state index contributed by atoms with van der Waals surface area (Å²) in [5, 5.41) is 5.11. The van der Waals surface area contributed by atoms with Gasteiger partial charge in [0.1, 0.15) is 0 Å². The smallest absolute Gasteiger partial charge is 0.0544 e. The van der Waals surface area contributed by atoms with Gasteiger partial charge in [-0.15, -0.1) is 0 Å². The van der Waals surface area contributed by atoms with Crippen molar-refractivity contribution in [3.8, 4) is 22.5 Å². The van der Waals surface area contributed by atoms with E-state index in [4.69, 9.17) is 0 Å². The van der Waals surface area contributed by atoms with Crippen LogP contribution in [0.3, 0.4) is 0 Å². The standard InChI is InChI=1S/C51H37N3/c1-51(2)44-22-12-9-19-39(44)41-30-32-48-49(50(41)51)42-21-11-14-24-46(42)54(48)37-27-25-36(26-28-37)52(34-15-5-3-6-16-34)38-29-31-47-43(33-38)40-20-10-13-23-45(40)53(47)35-17-7-4-8-18-35/h3-33H,1-2H3. The number of fused-ring (bicyclic) bond motifs is 10. The van der Waals surface area contributed by atoms with E-state index in [0.717, 1.165) is 28.4 Å². The summed E-state index contributed by atoms with van der Waals surface area (Å²) in [6, 6.07) is 68.6. The third-order valence-corrected chi connectivity index (χ3v) is 11.7. The summed E-state index contributed by atoms with van der Waals surface area (Å²) in [6.07, 6.45) is 0. The highest BCUT2D eigenvalue weighted by Crippen LogP contribution is 2.53. The fourth-order valence-electron chi connectivity index (χ4n) is 9.34. The molecule has 0 spiro atoms. The first-order valence-corrected chi connectivity index (χ1v) is 18.8. The predicted molar refractivity (Wildman–Crippen MR) is 227 cm³/mol. The molecule has 256 valence electrons. The molecule has 0 radical (unpaired) electrons. The average Bonchev–Trinajstić information content (AvgIpc) is 3.82. The average molecular weight is 692 g/mol. The Morgan fingerprint density at radius 1 is 0.389 bits per heavy atom. The first-order chi connectivity index (χ1) is 26.6. The highest BCUT2D eigenvalue weighted by Gasteiger charge is 2.38. The molecule has 2 heterocycles. The Labute approximate surface area is 314 Å². The Bertz CT molecular complexity index is 3060. The van der Waals surface area contributed by atoms with E-state index in [1.165, 1.54) is 65.9 Å². The van der Waals surface area contributed by atoms with Crippen LogP contribution in [0.1, 0.15) is 25.0 Å². The number of rotatable bonds is 5. The number of hydrogen-bond donors (Lipinski definition) is 0. The van der Waals surface area contributed by atoms with Crippen LogP contribution in [0, 0.1) is 0 Å². The minimum absolute atomic E-state index is 0.102. The highest BCUT2D eigenvalue weighted by atomic mass is 15.1. The molecule has 0 amide bonds. The fourth-order valence-corrected chi connectivity index (χ4v) is 9.34. The normalized spacial score (nSPS) is 13.1. The van der Waals surface area contributed by atoms with Gasteiger partial charge in [0, 0.05) is 55.4 Å². The molecule has 0 saturated carbocycles. The van der Waals surface area contributed by atoms with Gasteiger partial charge in [-0.25, -0.2) is 0 Å². The molecule has 3 heteroatoms. The van der Waals surface area contributed by atoms with Crippen LogP contribution in [0.15, 0.2) is 188 Å². The summed E-state index contributed by atoms with van der Waals surface area (Å²) >= 11 is 0. The number of aromatic nitrogens is 2. The molecule has 10 aromatic rings. The van der Waals surface area contributed by atoms with Crippen molar-refractivity contribution < 1.29 is 0 Å². The molecule has 54 heavy (non-hydrogen) atoms. The van der Waals surface area contributed by atoms with Crippen LogP contribution in [-0.4, -0.2) is 9.13 Å². The summed E-state index contributed by atoms with van der Waals surface area (Å²) < 4.78 is 4.82. The summed E-state index contributed by atoms with van der Waals surface area (Å²) in [4.78, 5) is 2.37. The maximum Gasteiger partial charge on any atom is 0.0544 e. The van der Waals surface area contributed by atoms with Crippen molar-refractivity contribution >= 4 is 60.7 Å². The number of para-hydroxylation sites is 4. The van der Waals surface area contributed by atoms with E-state index in [9.17, 15) is 0 Å². The Hall–Kier alpha value is -6.84. The first kappa shape index (κ1) is 30.8. The molecule has 0 N–H and O–H groups in total. The Morgan fingerprint density at radius 3 is 1.70 bits per heavy atom. The second-order valence-electron chi connectivity index (χ2n) is 15.0. The predicted octanol–water partition coefficient (Wildman–Crippen LogP) is 13.7. The monoisotopic (exact) mass is 691 g/mol. The SMILES string of the molecule is CC1(C)c2ccccc2-c2ccc3c(c21)c1ccccc1n3-c1ccc(N(c2ccccc2)c2ccc3c(c2)c2ccccc2n3-c2ccccc2)cc1. The molecular weight excluding hydrogens is 655 g/mol. The second-order valence-corrected chi connectivity index (χ2v) is 15.0. The molecule has 2 aromatic heterocycles. The van der Waals surface area contributed by atoms with Gasteiger partial charge in [-0.05, 0) is 107 Å². The summed E-state index contributed by atoms with van der Waals surface area (Å²) in [7, 11) is 0. The van der Waals surface area contributed by atoms with Gasteiger partial charge in [0.05, 0.1) is 22.1 Å². The van der Waals surface area contributed by atoms with Crippen LogP contribution < -0.4 is 4.90 Å². The van der Waals surface area contributed by atoms with Crippen LogP contribution in [0.2, 0.25) is 0 Å². The Morgan fingerprint density at radius 2 is 0.926 bits per heavy atom. The van der Waals surface area contributed by atoms with Crippen LogP contribution in [-0.2, 0) is 5.41 Å². The van der Waals surface area contributed by atoms with Crippen molar-refractivity contribution in [3.63, 3.8) is 0 Å². The Kier molecular flexibility index (Phi) is 6.60. The van der Waals surface area contributed by atoms with Crippen LogP contribution in [0.25, 0.3) is 66.1 Å². The molecule has 0 aliphatic heterocycles. The van der Waals surface area contributed by atoms with Crippen molar-refractivity contribution in [2.24, 2.45) is 0 Å². The molecule has 1 aliphatic carbocycles. The van der Waals surface area contributed by atoms with Crippen molar-refractivity contribution in [3.05, 3.63) is 199 Å². The largest absolute Gasteiger partial charge is 0.310 e. The maximum absolute atomic E-state index is 2.45.